The molecule has 0 aliphatic heterocycles. The van der Waals surface area contributed by atoms with Gasteiger partial charge in [-0.2, -0.15) is 0 Å². The molecule has 0 aliphatic carbocycles. The van der Waals surface area contributed by atoms with Crippen LogP contribution in [0.3, 0.4) is 0 Å². The Balaban J connectivity index is 1.64. The summed E-state index contributed by atoms with van der Waals surface area (Å²) in [6, 6.07) is 13.6. The third-order valence-electron chi connectivity index (χ3n) is 3.75. The van der Waals surface area contributed by atoms with Gasteiger partial charge in [-0.05, 0) is 50.1 Å². The van der Waals surface area contributed by atoms with Gasteiger partial charge < -0.3 is 10.1 Å². The molecule has 2 rings (SSSR count). The molecule has 0 spiro atoms. The number of amides is 2. The van der Waals surface area contributed by atoms with Crippen LogP contribution in [0, 0.1) is 20.8 Å². The molecule has 0 saturated heterocycles. The average molecular weight is 355 g/mol. The highest BCUT2D eigenvalue weighted by Gasteiger charge is 2.06. The third kappa shape index (κ3) is 6.47. The van der Waals surface area contributed by atoms with E-state index in [1.54, 1.807) is 0 Å². The molecule has 0 aromatic heterocycles. The minimum absolute atomic E-state index is 0.0734. The second kappa shape index (κ2) is 9.46. The minimum atomic E-state index is -0.321. The van der Waals surface area contributed by atoms with Crippen molar-refractivity contribution < 1.29 is 14.3 Å². The van der Waals surface area contributed by atoms with Gasteiger partial charge >= 0.3 is 0 Å². The molecule has 0 saturated carbocycles. The van der Waals surface area contributed by atoms with Crippen LogP contribution in [0.4, 0.5) is 5.69 Å². The molecule has 0 unspecified atom stereocenters. The third-order valence-corrected chi connectivity index (χ3v) is 3.75. The fourth-order valence-corrected chi connectivity index (χ4v) is 2.40. The first kappa shape index (κ1) is 19.3. The predicted octanol–water partition coefficient (Wildman–Crippen LogP) is 2.64. The van der Waals surface area contributed by atoms with Gasteiger partial charge in [0.1, 0.15) is 5.75 Å². The van der Waals surface area contributed by atoms with Crippen LogP contribution in [0.5, 0.6) is 5.75 Å². The lowest BCUT2D eigenvalue weighted by molar-refractivity contribution is -0.128. The van der Waals surface area contributed by atoms with Crippen LogP contribution < -0.4 is 20.9 Å². The van der Waals surface area contributed by atoms with Crippen molar-refractivity contribution in [1.82, 2.24) is 10.9 Å². The van der Waals surface area contributed by atoms with E-state index in [2.05, 4.69) is 16.2 Å². The minimum Gasteiger partial charge on any atom is -0.493 e. The van der Waals surface area contributed by atoms with Gasteiger partial charge in [0.05, 0.1) is 19.6 Å². The standard InChI is InChI=1S/C20H25N3O3/c1-14-5-4-6-17(12-14)26-10-9-19(24)22-23-20(25)13-21-18-8-7-15(2)11-16(18)3/h4-8,11-12,21H,9-10,13H2,1-3H3,(H,22,24)(H,23,25). The monoisotopic (exact) mass is 355 g/mol. The van der Waals surface area contributed by atoms with E-state index in [1.807, 2.05) is 63.2 Å². The highest BCUT2D eigenvalue weighted by molar-refractivity contribution is 5.84. The molecule has 2 aromatic carbocycles. The molecule has 0 fully saturated rings. The summed E-state index contributed by atoms with van der Waals surface area (Å²) in [6.45, 7) is 6.28. The van der Waals surface area contributed by atoms with Crippen LogP contribution >= 0.6 is 0 Å². The van der Waals surface area contributed by atoms with Crippen molar-refractivity contribution in [3.8, 4) is 5.75 Å². The fraction of sp³-hybridized carbons (Fsp3) is 0.300. The number of hydrazine groups is 1. The molecule has 6 nitrogen and oxygen atoms in total. The van der Waals surface area contributed by atoms with E-state index in [0.29, 0.717) is 0 Å². The number of rotatable bonds is 7. The van der Waals surface area contributed by atoms with Gasteiger partial charge in [-0.1, -0.05) is 29.8 Å². The summed E-state index contributed by atoms with van der Waals surface area (Å²) in [6.07, 6.45) is 0.152. The number of anilines is 1. The maximum atomic E-state index is 11.8. The first-order valence-corrected chi connectivity index (χ1v) is 8.52. The van der Waals surface area contributed by atoms with Crippen molar-refractivity contribution in [3.05, 3.63) is 59.2 Å². The van der Waals surface area contributed by atoms with Crippen LogP contribution in [-0.2, 0) is 9.59 Å². The molecule has 6 heteroatoms. The van der Waals surface area contributed by atoms with Crippen LogP contribution in [-0.4, -0.2) is 25.0 Å². The molecule has 138 valence electrons. The van der Waals surface area contributed by atoms with Crippen LogP contribution in [0.1, 0.15) is 23.1 Å². The Hall–Kier alpha value is -3.02. The predicted molar refractivity (Wildman–Crippen MR) is 102 cm³/mol. The molecule has 0 radical (unpaired) electrons. The van der Waals surface area contributed by atoms with Gasteiger partial charge in [-0.25, -0.2) is 0 Å². The van der Waals surface area contributed by atoms with Crippen LogP contribution in [0.15, 0.2) is 42.5 Å². The Bertz CT molecular complexity index is 775. The molecular weight excluding hydrogens is 330 g/mol. The molecule has 26 heavy (non-hydrogen) atoms. The fourth-order valence-electron chi connectivity index (χ4n) is 2.40. The Morgan fingerprint density at radius 3 is 2.38 bits per heavy atom. The molecule has 2 aromatic rings. The van der Waals surface area contributed by atoms with Crippen molar-refractivity contribution in [2.45, 2.75) is 27.2 Å². The van der Waals surface area contributed by atoms with E-state index in [0.717, 1.165) is 28.1 Å². The number of ether oxygens (including phenoxy) is 1. The lowest BCUT2D eigenvalue weighted by Crippen LogP contribution is -2.44. The number of benzene rings is 2. The van der Waals surface area contributed by atoms with Crippen molar-refractivity contribution in [3.63, 3.8) is 0 Å². The number of nitrogens with one attached hydrogen (secondary N) is 3. The van der Waals surface area contributed by atoms with E-state index >= 15 is 0 Å². The van der Waals surface area contributed by atoms with Crippen molar-refractivity contribution in [1.29, 1.82) is 0 Å². The van der Waals surface area contributed by atoms with Gasteiger partial charge in [-0.3, -0.25) is 20.4 Å². The zero-order chi connectivity index (χ0) is 18.9. The van der Waals surface area contributed by atoms with Crippen LogP contribution in [0.25, 0.3) is 0 Å². The van der Waals surface area contributed by atoms with E-state index < -0.39 is 0 Å². The van der Waals surface area contributed by atoms with Gasteiger partial charge in [0.2, 0.25) is 5.91 Å². The molecule has 0 heterocycles. The normalized spacial score (nSPS) is 10.1. The zero-order valence-electron chi connectivity index (χ0n) is 15.4. The lowest BCUT2D eigenvalue weighted by Gasteiger charge is -2.11. The summed E-state index contributed by atoms with van der Waals surface area (Å²) < 4.78 is 5.51. The van der Waals surface area contributed by atoms with E-state index in [4.69, 9.17) is 4.74 Å². The van der Waals surface area contributed by atoms with E-state index in [1.165, 1.54) is 0 Å². The van der Waals surface area contributed by atoms with Gasteiger partial charge in [0.25, 0.3) is 5.91 Å². The number of hydrogen-bond donors (Lipinski definition) is 3. The number of aryl methyl sites for hydroxylation is 3. The molecule has 0 atom stereocenters. The largest absolute Gasteiger partial charge is 0.493 e. The Morgan fingerprint density at radius 1 is 0.923 bits per heavy atom. The number of carbonyl (C=O) groups excluding carboxylic acids is 2. The smallest absolute Gasteiger partial charge is 0.257 e. The Morgan fingerprint density at radius 2 is 1.65 bits per heavy atom. The summed E-state index contributed by atoms with van der Waals surface area (Å²) in [5, 5.41) is 3.05. The number of hydrogen-bond acceptors (Lipinski definition) is 4. The van der Waals surface area contributed by atoms with Crippen molar-refractivity contribution >= 4 is 17.5 Å². The maximum absolute atomic E-state index is 11.8. The highest BCUT2D eigenvalue weighted by atomic mass is 16.5. The molecule has 3 N–H and O–H groups in total. The molecule has 0 bridgehead atoms. The van der Waals surface area contributed by atoms with Gasteiger partial charge in [-0.15, -0.1) is 0 Å². The zero-order valence-corrected chi connectivity index (χ0v) is 15.4. The first-order valence-electron chi connectivity index (χ1n) is 8.52. The molecule has 0 aliphatic rings. The summed E-state index contributed by atoms with van der Waals surface area (Å²) in [5.74, 6) is 0.0925. The quantitative estimate of drug-likeness (QED) is 0.667. The van der Waals surface area contributed by atoms with Crippen LogP contribution in [0.2, 0.25) is 0 Å². The van der Waals surface area contributed by atoms with E-state index in [9.17, 15) is 9.59 Å². The average Bonchev–Trinajstić information content (AvgIpc) is 2.59. The van der Waals surface area contributed by atoms with Gasteiger partial charge in [0.15, 0.2) is 0 Å². The van der Waals surface area contributed by atoms with Crippen molar-refractivity contribution in [2.24, 2.45) is 0 Å². The van der Waals surface area contributed by atoms with Crippen molar-refractivity contribution in [2.75, 3.05) is 18.5 Å². The molecular formula is C20H25N3O3. The topological polar surface area (TPSA) is 79.5 Å². The highest BCUT2D eigenvalue weighted by Crippen LogP contribution is 2.15. The first-order chi connectivity index (χ1) is 12.4. The second-order valence-corrected chi connectivity index (χ2v) is 6.18. The second-order valence-electron chi connectivity index (χ2n) is 6.18. The number of carbonyl (C=O) groups is 2. The summed E-state index contributed by atoms with van der Waals surface area (Å²) in [4.78, 5) is 23.6. The SMILES string of the molecule is Cc1cccc(OCCC(=O)NNC(=O)CNc2ccc(C)cc2C)c1. The summed E-state index contributed by atoms with van der Waals surface area (Å²) in [5.41, 5.74) is 8.98. The van der Waals surface area contributed by atoms with E-state index in [-0.39, 0.29) is 31.4 Å². The lowest BCUT2D eigenvalue weighted by atomic mass is 10.1. The summed E-state index contributed by atoms with van der Waals surface area (Å²) in [7, 11) is 0. The summed E-state index contributed by atoms with van der Waals surface area (Å²) >= 11 is 0. The Kier molecular flexibility index (Phi) is 7.02. The maximum Gasteiger partial charge on any atom is 0.257 e. The molecule has 2 amide bonds. The Labute approximate surface area is 153 Å². The van der Waals surface area contributed by atoms with Gasteiger partial charge in [0, 0.05) is 5.69 Å².